The van der Waals surface area contributed by atoms with Gasteiger partial charge in [0, 0.05) is 12.8 Å². The van der Waals surface area contributed by atoms with Crippen LogP contribution in [0.5, 0.6) is 0 Å². The third-order valence-electron chi connectivity index (χ3n) is 3.23. The number of carbonyl (C=O) groups is 2. The molecular formula is C13H23O5PS. The van der Waals surface area contributed by atoms with Gasteiger partial charge in [-0.15, -0.1) is 0 Å². The van der Waals surface area contributed by atoms with Crippen molar-refractivity contribution in [3.8, 4) is 0 Å². The molecule has 7 heteroatoms. The number of hydrogen-bond donors (Lipinski definition) is 0. The highest BCUT2D eigenvalue weighted by Crippen LogP contribution is 2.59. The molecule has 1 aliphatic rings. The van der Waals surface area contributed by atoms with Crippen LogP contribution in [0.15, 0.2) is 0 Å². The standard InChI is InChI=1S/C13H23O5PS/c1-4-17-19(16,18-5-2)13-10(7-8-11(13)14)9-12(15)20-6-3/h10,13H,4-9H2,1-3H3/t10-,13?/m1/s1. The van der Waals surface area contributed by atoms with Crippen LogP contribution >= 0.6 is 19.4 Å². The number of hydrogen-bond acceptors (Lipinski definition) is 6. The van der Waals surface area contributed by atoms with Gasteiger partial charge in [0.15, 0.2) is 5.12 Å². The molecule has 116 valence electrons. The lowest BCUT2D eigenvalue weighted by molar-refractivity contribution is -0.117. The van der Waals surface area contributed by atoms with Crippen LogP contribution in [0.25, 0.3) is 0 Å². The minimum absolute atomic E-state index is 0.0387. The summed E-state index contributed by atoms with van der Waals surface area (Å²) >= 11 is 1.24. The molecule has 0 N–H and O–H groups in total. The van der Waals surface area contributed by atoms with Crippen LogP contribution in [0.1, 0.15) is 40.0 Å². The van der Waals surface area contributed by atoms with Crippen molar-refractivity contribution in [1.82, 2.24) is 0 Å². The first-order valence-electron chi connectivity index (χ1n) is 7.05. The highest BCUT2D eigenvalue weighted by atomic mass is 32.2. The zero-order valence-electron chi connectivity index (χ0n) is 12.3. The Bertz CT molecular complexity index is 388. The summed E-state index contributed by atoms with van der Waals surface area (Å²) in [6, 6.07) is 0. The molecule has 5 nitrogen and oxygen atoms in total. The van der Waals surface area contributed by atoms with E-state index in [2.05, 4.69) is 0 Å². The largest absolute Gasteiger partial charge is 0.341 e. The summed E-state index contributed by atoms with van der Waals surface area (Å²) in [5.74, 6) is 0.381. The van der Waals surface area contributed by atoms with Crippen LogP contribution in [0.3, 0.4) is 0 Å². The third-order valence-corrected chi connectivity index (χ3v) is 6.64. The van der Waals surface area contributed by atoms with Gasteiger partial charge in [-0.2, -0.15) is 0 Å². The summed E-state index contributed by atoms with van der Waals surface area (Å²) in [5, 5.41) is 0.0387. The van der Waals surface area contributed by atoms with Crippen LogP contribution in [-0.4, -0.2) is 35.5 Å². The van der Waals surface area contributed by atoms with E-state index >= 15 is 0 Å². The van der Waals surface area contributed by atoms with Gasteiger partial charge in [-0.1, -0.05) is 18.7 Å². The zero-order valence-corrected chi connectivity index (χ0v) is 14.0. The van der Waals surface area contributed by atoms with Crippen molar-refractivity contribution >= 4 is 30.3 Å². The van der Waals surface area contributed by atoms with Gasteiger partial charge in [-0.05, 0) is 31.9 Å². The molecular weight excluding hydrogens is 299 g/mol. The van der Waals surface area contributed by atoms with Crippen molar-refractivity contribution in [2.75, 3.05) is 19.0 Å². The van der Waals surface area contributed by atoms with Crippen molar-refractivity contribution in [2.24, 2.45) is 5.92 Å². The first-order chi connectivity index (χ1) is 9.48. The predicted molar refractivity (Wildman–Crippen MR) is 80.1 cm³/mol. The van der Waals surface area contributed by atoms with Gasteiger partial charge in [0.2, 0.25) is 0 Å². The Kier molecular flexibility index (Phi) is 7.45. The van der Waals surface area contributed by atoms with Crippen molar-refractivity contribution in [1.29, 1.82) is 0 Å². The molecule has 1 fully saturated rings. The lowest BCUT2D eigenvalue weighted by atomic mass is 10.1. The molecule has 1 rings (SSSR count). The molecule has 1 unspecified atom stereocenters. The summed E-state index contributed by atoms with van der Waals surface area (Å²) in [6.07, 6.45) is 1.20. The summed E-state index contributed by atoms with van der Waals surface area (Å²) in [5.41, 5.74) is -0.774. The highest BCUT2D eigenvalue weighted by molar-refractivity contribution is 8.13. The molecule has 0 saturated heterocycles. The van der Waals surface area contributed by atoms with Crippen LogP contribution in [0, 0.1) is 5.92 Å². The molecule has 1 aliphatic carbocycles. The maximum atomic E-state index is 12.8. The first-order valence-corrected chi connectivity index (χ1v) is 9.65. The van der Waals surface area contributed by atoms with Crippen LogP contribution < -0.4 is 0 Å². The minimum Gasteiger partial charge on any atom is -0.308 e. The fraction of sp³-hybridized carbons (Fsp3) is 0.846. The molecule has 0 spiro atoms. The van der Waals surface area contributed by atoms with Gasteiger partial charge in [-0.3, -0.25) is 14.2 Å². The van der Waals surface area contributed by atoms with E-state index in [1.54, 1.807) is 13.8 Å². The van der Waals surface area contributed by atoms with Gasteiger partial charge in [-0.25, -0.2) is 0 Å². The van der Waals surface area contributed by atoms with E-state index < -0.39 is 13.3 Å². The minimum atomic E-state index is -3.47. The number of thioether (sulfide) groups is 1. The summed E-state index contributed by atoms with van der Waals surface area (Å²) < 4.78 is 23.4. The van der Waals surface area contributed by atoms with Crippen molar-refractivity contribution in [3.05, 3.63) is 0 Å². The topological polar surface area (TPSA) is 69.7 Å². The lowest BCUT2D eigenvalue weighted by Gasteiger charge is -2.26. The van der Waals surface area contributed by atoms with Gasteiger partial charge in [0.05, 0.1) is 13.2 Å². The maximum absolute atomic E-state index is 12.8. The van der Waals surface area contributed by atoms with E-state index in [1.165, 1.54) is 11.8 Å². The third kappa shape index (κ3) is 4.42. The second-order valence-electron chi connectivity index (χ2n) is 4.59. The average Bonchev–Trinajstić information content (AvgIpc) is 2.71. The van der Waals surface area contributed by atoms with E-state index in [0.29, 0.717) is 18.6 Å². The lowest BCUT2D eigenvalue weighted by Crippen LogP contribution is -2.26. The second kappa shape index (κ2) is 8.32. The Labute approximate surface area is 124 Å². The molecule has 0 heterocycles. The molecule has 0 bridgehead atoms. The van der Waals surface area contributed by atoms with E-state index in [9.17, 15) is 14.2 Å². The number of ketones is 1. The summed E-state index contributed by atoms with van der Waals surface area (Å²) in [4.78, 5) is 23.8. The fourth-order valence-electron chi connectivity index (χ4n) is 2.54. The molecule has 0 aromatic carbocycles. The normalized spacial score (nSPS) is 23.2. The molecule has 2 atom stereocenters. The molecule has 0 amide bonds. The molecule has 20 heavy (non-hydrogen) atoms. The Morgan fingerprint density at radius 2 is 1.90 bits per heavy atom. The van der Waals surface area contributed by atoms with Gasteiger partial charge in [0.1, 0.15) is 11.4 Å². The van der Waals surface area contributed by atoms with Crippen LogP contribution in [0.2, 0.25) is 0 Å². The van der Waals surface area contributed by atoms with E-state index in [-0.39, 0.29) is 36.5 Å². The quantitative estimate of drug-likeness (QED) is 0.639. The van der Waals surface area contributed by atoms with Crippen molar-refractivity contribution in [2.45, 2.75) is 45.7 Å². The van der Waals surface area contributed by atoms with Crippen LogP contribution in [0.4, 0.5) is 0 Å². The Balaban J connectivity index is 2.88. The van der Waals surface area contributed by atoms with Crippen LogP contribution in [-0.2, 0) is 23.2 Å². The zero-order chi connectivity index (χ0) is 15.2. The average molecular weight is 322 g/mol. The molecule has 0 radical (unpaired) electrons. The molecule has 1 saturated carbocycles. The second-order valence-corrected chi connectivity index (χ2v) is 8.07. The van der Waals surface area contributed by atoms with Crippen molar-refractivity contribution < 1.29 is 23.2 Å². The number of Topliss-reactive ketones (excluding diaryl/α,β-unsaturated/α-hetero) is 1. The van der Waals surface area contributed by atoms with E-state index in [4.69, 9.17) is 9.05 Å². The summed E-state index contributed by atoms with van der Waals surface area (Å²) in [7, 11) is -3.47. The van der Waals surface area contributed by atoms with Gasteiger partial charge >= 0.3 is 7.60 Å². The first kappa shape index (κ1) is 17.9. The van der Waals surface area contributed by atoms with Crippen molar-refractivity contribution in [3.63, 3.8) is 0 Å². The summed E-state index contributed by atoms with van der Waals surface area (Å²) in [6.45, 7) is 5.80. The molecule has 0 aromatic heterocycles. The molecule has 0 aromatic rings. The SMILES string of the molecule is CCOP(=O)(OCC)C1C(=O)CC[C@@H]1CC(=O)SCC. The Morgan fingerprint density at radius 1 is 1.30 bits per heavy atom. The smallest absolute Gasteiger partial charge is 0.308 e. The number of rotatable bonds is 8. The number of carbonyl (C=O) groups excluding carboxylic acids is 2. The van der Waals surface area contributed by atoms with Gasteiger partial charge < -0.3 is 9.05 Å². The van der Waals surface area contributed by atoms with E-state index in [1.807, 2.05) is 6.92 Å². The fourth-order valence-corrected chi connectivity index (χ4v) is 5.56. The van der Waals surface area contributed by atoms with Gasteiger partial charge in [0.25, 0.3) is 0 Å². The predicted octanol–water partition coefficient (Wildman–Crippen LogP) is 3.27. The Morgan fingerprint density at radius 3 is 2.40 bits per heavy atom. The van der Waals surface area contributed by atoms with E-state index in [0.717, 1.165) is 0 Å². The maximum Gasteiger partial charge on any atom is 0.341 e. The molecule has 0 aliphatic heterocycles. The highest BCUT2D eigenvalue weighted by Gasteiger charge is 2.49. The Hall–Kier alpha value is -0.160. The monoisotopic (exact) mass is 322 g/mol.